The molecule has 7 nitrogen and oxygen atoms in total. The number of sulfonamides is 1. The fraction of sp³-hybridized carbons (Fsp3) is 0.125. The molecule has 8 heteroatoms. The molecule has 0 spiro atoms. The largest absolute Gasteiger partial charge is 0.497 e. The first kappa shape index (κ1) is 21.6. The second-order valence-electron chi connectivity index (χ2n) is 7.08. The van der Waals surface area contributed by atoms with Gasteiger partial charge in [-0.2, -0.15) is 0 Å². The third-order valence-corrected chi connectivity index (χ3v) is 5.91. The number of oxazole rings is 1. The minimum Gasteiger partial charge on any atom is -0.497 e. The van der Waals surface area contributed by atoms with E-state index in [9.17, 15) is 8.42 Å². The van der Waals surface area contributed by atoms with Gasteiger partial charge in [-0.1, -0.05) is 30.3 Å². The van der Waals surface area contributed by atoms with Gasteiger partial charge in [-0.05, 0) is 48.0 Å². The third kappa shape index (κ3) is 4.51. The van der Waals surface area contributed by atoms with Crippen molar-refractivity contribution in [2.75, 3.05) is 14.2 Å². The molecule has 1 aromatic heterocycles. The highest BCUT2D eigenvalue weighted by Gasteiger charge is 2.21. The number of benzene rings is 3. The van der Waals surface area contributed by atoms with Gasteiger partial charge in [0, 0.05) is 17.5 Å². The van der Waals surface area contributed by atoms with Gasteiger partial charge < -0.3 is 13.9 Å². The summed E-state index contributed by atoms with van der Waals surface area (Å²) in [5.74, 6) is 2.25. The average Bonchev–Trinajstić information content (AvgIpc) is 3.22. The first-order valence-corrected chi connectivity index (χ1v) is 11.3. The number of nitrogens with zero attached hydrogens (tertiary/aromatic N) is 1. The van der Waals surface area contributed by atoms with Gasteiger partial charge in [0.25, 0.3) is 0 Å². The van der Waals surface area contributed by atoms with Crippen molar-refractivity contribution in [1.82, 2.24) is 4.98 Å². The summed E-state index contributed by atoms with van der Waals surface area (Å²) in [5.41, 5.74) is 2.97. The normalized spacial score (nSPS) is 11.3. The van der Waals surface area contributed by atoms with Gasteiger partial charge in [0.05, 0.1) is 19.1 Å². The van der Waals surface area contributed by atoms with E-state index in [0.717, 1.165) is 5.56 Å². The summed E-state index contributed by atoms with van der Waals surface area (Å²) >= 11 is 0. The zero-order chi connectivity index (χ0) is 22.7. The van der Waals surface area contributed by atoms with E-state index in [2.05, 4.69) is 0 Å². The summed E-state index contributed by atoms with van der Waals surface area (Å²) < 4.78 is 40.4. The van der Waals surface area contributed by atoms with Gasteiger partial charge in [-0.25, -0.2) is 18.5 Å². The summed E-state index contributed by atoms with van der Waals surface area (Å²) in [5, 5.41) is 5.23. The van der Waals surface area contributed by atoms with Gasteiger partial charge >= 0.3 is 0 Å². The highest BCUT2D eigenvalue weighted by molar-refractivity contribution is 7.89. The molecule has 0 bridgehead atoms. The predicted molar refractivity (Wildman–Crippen MR) is 121 cm³/mol. The zero-order valence-corrected chi connectivity index (χ0v) is 18.4. The second-order valence-corrected chi connectivity index (χ2v) is 8.64. The van der Waals surface area contributed by atoms with E-state index >= 15 is 0 Å². The second kappa shape index (κ2) is 8.86. The maximum absolute atomic E-state index is 11.6. The van der Waals surface area contributed by atoms with Crippen molar-refractivity contribution in [3.63, 3.8) is 0 Å². The standard InChI is InChI=1S/C24H22N2O5S/c1-29-18-10-13-21(30-2)20(15-18)23-24(17-8-11-19(12-9-17)32(25,27)28)31-22(26-23)14-16-6-4-3-5-7-16/h3-13,15H,14H2,1-2H3,(H2,25,27,28). The number of primary sulfonamides is 1. The van der Waals surface area contributed by atoms with E-state index in [-0.39, 0.29) is 4.90 Å². The minimum absolute atomic E-state index is 0.0192. The van der Waals surface area contributed by atoms with E-state index in [1.54, 1.807) is 38.5 Å². The van der Waals surface area contributed by atoms with Crippen LogP contribution in [-0.4, -0.2) is 27.6 Å². The van der Waals surface area contributed by atoms with E-state index < -0.39 is 10.0 Å². The molecule has 164 valence electrons. The van der Waals surface area contributed by atoms with Gasteiger partial charge in [-0.3, -0.25) is 0 Å². The molecule has 4 rings (SSSR count). The highest BCUT2D eigenvalue weighted by Crippen LogP contribution is 2.39. The van der Waals surface area contributed by atoms with E-state index in [1.807, 2.05) is 36.4 Å². The molecule has 0 saturated carbocycles. The predicted octanol–water partition coefficient (Wildman–Crippen LogP) is 4.26. The maximum Gasteiger partial charge on any atom is 0.238 e. The van der Waals surface area contributed by atoms with E-state index in [1.165, 1.54) is 12.1 Å². The number of hydrogen-bond donors (Lipinski definition) is 1. The molecule has 3 aromatic carbocycles. The van der Waals surface area contributed by atoms with Crippen molar-refractivity contribution in [2.45, 2.75) is 11.3 Å². The Morgan fingerprint density at radius 3 is 2.28 bits per heavy atom. The van der Waals surface area contributed by atoms with Gasteiger partial charge in [0.15, 0.2) is 11.7 Å². The number of hydrogen-bond acceptors (Lipinski definition) is 6. The first-order valence-electron chi connectivity index (χ1n) is 9.78. The monoisotopic (exact) mass is 450 g/mol. The van der Waals surface area contributed by atoms with Crippen molar-refractivity contribution >= 4 is 10.0 Å². The molecule has 0 aliphatic heterocycles. The Hall–Kier alpha value is -3.62. The first-order chi connectivity index (χ1) is 15.4. The molecular weight excluding hydrogens is 428 g/mol. The molecule has 0 unspecified atom stereocenters. The molecule has 0 atom stereocenters. The molecule has 0 fully saturated rings. The van der Waals surface area contributed by atoms with Crippen molar-refractivity contribution in [3.8, 4) is 34.1 Å². The van der Waals surface area contributed by atoms with Crippen LogP contribution in [-0.2, 0) is 16.4 Å². The molecule has 0 amide bonds. The van der Waals surface area contributed by atoms with Crippen LogP contribution >= 0.6 is 0 Å². The van der Waals surface area contributed by atoms with Crippen molar-refractivity contribution in [3.05, 3.63) is 84.3 Å². The summed E-state index contributed by atoms with van der Waals surface area (Å²) in [7, 11) is -0.636. The van der Waals surface area contributed by atoms with Crippen LogP contribution in [0.3, 0.4) is 0 Å². The lowest BCUT2D eigenvalue weighted by atomic mass is 10.0. The maximum atomic E-state index is 11.6. The molecule has 4 aromatic rings. The van der Waals surface area contributed by atoms with Crippen molar-refractivity contribution in [1.29, 1.82) is 0 Å². The third-order valence-electron chi connectivity index (χ3n) is 4.98. The topological polar surface area (TPSA) is 105 Å². The molecule has 1 heterocycles. The lowest BCUT2D eigenvalue weighted by Gasteiger charge is -2.10. The zero-order valence-electron chi connectivity index (χ0n) is 17.6. The molecule has 0 aliphatic carbocycles. The summed E-state index contributed by atoms with van der Waals surface area (Å²) in [4.78, 5) is 4.78. The Morgan fingerprint density at radius 2 is 1.66 bits per heavy atom. The molecule has 2 N–H and O–H groups in total. The summed E-state index contributed by atoms with van der Waals surface area (Å²) in [6.07, 6.45) is 0.495. The minimum atomic E-state index is -3.80. The van der Waals surface area contributed by atoms with Crippen LogP contribution in [0, 0.1) is 0 Å². The summed E-state index contributed by atoms with van der Waals surface area (Å²) in [6, 6.07) is 21.4. The number of rotatable bonds is 7. The van der Waals surface area contributed by atoms with Crippen LogP contribution in [0.2, 0.25) is 0 Å². The fourth-order valence-electron chi connectivity index (χ4n) is 3.38. The number of nitrogens with two attached hydrogens (primary N) is 1. The van der Waals surface area contributed by atoms with Crippen LogP contribution in [0.15, 0.2) is 82.1 Å². The van der Waals surface area contributed by atoms with Gasteiger partial charge in [0.1, 0.15) is 17.2 Å². The van der Waals surface area contributed by atoms with E-state index in [0.29, 0.717) is 46.4 Å². The SMILES string of the molecule is COc1ccc(OC)c(-c2nc(Cc3ccccc3)oc2-c2ccc(S(N)(=O)=O)cc2)c1. The molecule has 0 radical (unpaired) electrons. The van der Waals surface area contributed by atoms with Crippen LogP contribution in [0.4, 0.5) is 0 Å². The van der Waals surface area contributed by atoms with Crippen LogP contribution < -0.4 is 14.6 Å². The molecule has 0 saturated heterocycles. The van der Waals surface area contributed by atoms with Gasteiger partial charge in [-0.15, -0.1) is 0 Å². The highest BCUT2D eigenvalue weighted by atomic mass is 32.2. The Bertz CT molecular complexity index is 1330. The molecular formula is C24H22N2O5S. The molecule has 0 aliphatic rings. The number of ether oxygens (including phenoxy) is 2. The van der Waals surface area contributed by atoms with E-state index in [4.69, 9.17) is 24.0 Å². The lowest BCUT2D eigenvalue weighted by Crippen LogP contribution is -2.11. The van der Waals surface area contributed by atoms with Crippen LogP contribution in [0.25, 0.3) is 22.6 Å². The van der Waals surface area contributed by atoms with Crippen LogP contribution in [0.5, 0.6) is 11.5 Å². The smallest absolute Gasteiger partial charge is 0.238 e. The van der Waals surface area contributed by atoms with Gasteiger partial charge in [0.2, 0.25) is 10.0 Å². The quantitative estimate of drug-likeness (QED) is 0.451. The fourth-order valence-corrected chi connectivity index (χ4v) is 3.90. The number of aromatic nitrogens is 1. The Labute approximate surface area is 186 Å². The Balaban J connectivity index is 1.86. The molecule has 32 heavy (non-hydrogen) atoms. The van der Waals surface area contributed by atoms with Crippen molar-refractivity contribution < 1.29 is 22.3 Å². The Morgan fingerprint density at radius 1 is 0.938 bits per heavy atom. The number of methoxy groups -OCH3 is 2. The Kier molecular flexibility index (Phi) is 5.98. The summed E-state index contributed by atoms with van der Waals surface area (Å²) in [6.45, 7) is 0. The lowest BCUT2D eigenvalue weighted by molar-refractivity contribution is 0.404. The van der Waals surface area contributed by atoms with Crippen LogP contribution in [0.1, 0.15) is 11.5 Å². The average molecular weight is 451 g/mol. The van der Waals surface area contributed by atoms with Crippen molar-refractivity contribution in [2.24, 2.45) is 5.14 Å².